The molecule has 0 aromatic heterocycles. The van der Waals surface area contributed by atoms with E-state index in [9.17, 15) is 18.0 Å². The van der Waals surface area contributed by atoms with Crippen LogP contribution in [0.5, 0.6) is 0 Å². The lowest BCUT2D eigenvalue weighted by Crippen LogP contribution is -2.52. The Labute approximate surface area is 123 Å². The highest BCUT2D eigenvalue weighted by molar-refractivity contribution is 7.88. The van der Waals surface area contributed by atoms with E-state index in [1.807, 2.05) is 6.07 Å². The minimum Gasteiger partial charge on any atom is -0.326 e. The van der Waals surface area contributed by atoms with Crippen molar-refractivity contribution in [2.24, 2.45) is 5.73 Å². The molecule has 0 spiro atoms. The Hall–Kier alpha value is -1.77. The second-order valence-electron chi connectivity index (χ2n) is 4.90. The largest absolute Gasteiger partial charge is 0.326 e. The molecule has 8 heteroatoms. The van der Waals surface area contributed by atoms with E-state index in [0.717, 1.165) is 5.56 Å². The molecule has 0 radical (unpaired) electrons. The Kier molecular flexibility index (Phi) is 4.71. The molecular weight excluding hydrogens is 294 g/mol. The number of piperidine rings is 1. The molecule has 0 saturated carbocycles. The van der Waals surface area contributed by atoms with Crippen LogP contribution >= 0.6 is 0 Å². The molecule has 1 fully saturated rings. The van der Waals surface area contributed by atoms with E-state index in [0.29, 0.717) is 12.1 Å². The summed E-state index contributed by atoms with van der Waals surface area (Å²) >= 11 is 0. The minimum atomic E-state index is -3.67. The number of sulfonamides is 1. The highest BCUT2D eigenvalue weighted by Gasteiger charge is 2.30. The number of nitrogens with one attached hydrogen (secondary N) is 2. The maximum absolute atomic E-state index is 12.1. The van der Waals surface area contributed by atoms with E-state index in [2.05, 4.69) is 10.0 Å². The average molecular weight is 311 g/mol. The van der Waals surface area contributed by atoms with Crippen LogP contribution in [-0.4, -0.2) is 26.3 Å². The van der Waals surface area contributed by atoms with Crippen molar-refractivity contribution < 1.29 is 18.0 Å². The standard InChI is InChI=1S/C13H17N3O4S/c14-7-9-2-1-3-10(6-9)8-21(19,20)16-11-4-5-12(17)15-13(11)18/h1-3,6,11,16H,4-5,7-8,14H2,(H,15,17,18). The van der Waals surface area contributed by atoms with Gasteiger partial charge < -0.3 is 5.73 Å². The van der Waals surface area contributed by atoms with Crippen LogP contribution in [0.3, 0.4) is 0 Å². The molecule has 1 aliphatic rings. The predicted octanol–water partition coefficient (Wildman–Crippen LogP) is -0.630. The molecule has 2 amide bonds. The summed E-state index contributed by atoms with van der Waals surface area (Å²) in [6.07, 6.45) is 0.300. The first-order valence-corrected chi connectivity index (χ1v) is 8.16. The first-order valence-electron chi connectivity index (χ1n) is 6.51. The number of imide groups is 1. The molecule has 1 aliphatic heterocycles. The minimum absolute atomic E-state index is 0.127. The van der Waals surface area contributed by atoms with Crippen molar-refractivity contribution in [1.82, 2.24) is 10.0 Å². The van der Waals surface area contributed by atoms with Gasteiger partial charge in [-0.15, -0.1) is 0 Å². The molecule has 0 aliphatic carbocycles. The van der Waals surface area contributed by atoms with E-state index in [1.54, 1.807) is 18.2 Å². The lowest BCUT2D eigenvalue weighted by molar-refractivity contribution is -0.134. The molecule has 1 aromatic carbocycles. The zero-order chi connectivity index (χ0) is 15.5. The van der Waals surface area contributed by atoms with Gasteiger partial charge in [0.15, 0.2) is 0 Å². The van der Waals surface area contributed by atoms with Gasteiger partial charge in [-0.05, 0) is 17.5 Å². The summed E-state index contributed by atoms with van der Waals surface area (Å²) in [4.78, 5) is 22.6. The van der Waals surface area contributed by atoms with Gasteiger partial charge in [0.25, 0.3) is 0 Å². The van der Waals surface area contributed by atoms with Crippen molar-refractivity contribution in [3.8, 4) is 0 Å². The van der Waals surface area contributed by atoms with Gasteiger partial charge in [-0.3, -0.25) is 14.9 Å². The van der Waals surface area contributed by atoms with Crippen LogP contribution in [0.2, 0.25) is 0 Å². The number of amides is 2. The summed E-state index contributed by atoms with van der Waals surface area (Å²) in [5, 5.41) is 2.11. The van der Waals surface area contributed by atoms with Crippen LogP contribution in [0.1, 0.15) is 24.0 Å². The van der Waals surface area contributed by atoms with Crippen molar-refractivity contribution in [2.75, 3.05) is 0 Å². The topological polar surface area (TPSA) is 118 Å². The molecule has 0 bridgehead atoms. The maximum atomic E-state index is 12.1. The van der Waals surface area contributed by atoms with Gasteiger partial charge in [-0.25, -0.2) is 13.1 Å². The van der Waals surface area contributed by atoms with Crippen molar-refractivity contribution in [2.45, 2.75) is 31.2 Å². The number of hydrogen-bond acceptors (Lipinski definition) is 5. The molecular formula is C13H17N3O4S. The number of rotatable bonds is 5. The van der Waals surface area contributed by atoms with E-state index < -0.39 is 22.0 Å². The van der Waals surface area contributed by atoms with Gasteiger partial charge in [0.05, 0.1) is 5.75 Å². The highest BCUT2D eigenvalue weighted by Crippen LogP contribution is 2.11. The second-order valence-corrected chi connectivity index (χ2v) is 6.66. The zero-order valence-electron chi connectivity index (χ0n) is 11.3. The van der Waals surface area contributed by atoms with Gasteiger partial charge >= 0.3 is 0 Å². The van der Waals surface area contributed by atoms with E-state index in [-0.39, 0.29) is 24.5 Å². The third-order valence-corrected chi connectivity index (χ3v) is 4.50. The fraction of sp³-hybridized carbons (Fsp3) is 0.385. The van der Waals surface area contributed by atoms with Crippen molar-refractivity contribution >= 4 is 21.8 Å². The van der Waals surface area contributed by atoms with Gasteiger partial charge in [-0.2, -0.15) is 0 Å². The Morgan fingerprint density at radius 3 is 2.67 bits per heavy atom. The predicted molar refractivity (Wildman–Crippen MR) is 76.3 cm³/mol. The number of nitrogens with two attached hydrogens (primary N) is 1. The summed E-state index contributed by atoms with van der Waals surface area (Å²) in [7, 11) is -3.67. The molecule has 2 rings (SSSR count). The van der Waals surface area contributed by atoms with Gasteiger partial charge in [0.2, 0.25) is 21.8 Å². The summed E-state index contributed by atoms with van der Waals surface area (Å²) in [5.41, 5.74) is 6.95. The fourth-order valence-corrected chi connectivity index (χ4v) is 3.49. The van der Waals surface area contributed by atoms with E-state index in [1.165, 1.54) is 0 Å². The molecule has 1 saturated heterocycles. The van der Waals surface area contributed by atoms with Gasteiger partial charge in [-0.1, -0.05) is 24.3 Å². The summed E-state index contributed by atoms with van der Waals surface area (Å²) in [6.45, 7) is 0.328. The molecule has 1 aromatic rings. The Morgan fingerprint density at radius 1 is 1.29 bits per heavy atom. The monoisotopic (exact) mass is 311 g/mol. The van der Waals surface area contributed by atoms with Crippen LogP contribution in [-0.2, 0) is 31.9 Å². The Balaban J connectivity index is 2.04. The third kappa shape index (κ3) is 4.35. The average Bonchev–Trinajstić information content (AvgIpc) is 2.41. The second kappa shape index (κ2) is 6.33. The SMILES string of the molecule is NCc1cccc(CS(=O)(=O)NC2CCC(=O)NC2=O)c1. The Morgan fingerprint density at radius 2 is 2.00 bits per heavy atom. The number of carbonyl (C=O) groups excluding carboxylic acids is 2. The summed E-state index contributed by atoms with van der Waals surface area (Å²) in [5.74, 6) is -1.23. The van der Waals surface area contributed by atoms with Crippen molar-refractivity contribution in [3.05, 3.63) is 35.4 Å². The quantitative estimate of drug-likeness (QED) is 0.626. The van der Waals surface area contributed by atoms with Crippen LogP contribution in [0.25, 0.3) is 0 Å². The molecule has 7 nitrogen and oxygen atoms in total. The van der Waals surface area contributed by atoms with Gasteiger partial charge in [0.1, 0.15) is 6.04 Å². The van der Waals surface area contributed by atoms with E-state index >= 15 is 0 Å². The molecule has 1 heterocycles. The number of hydrogen-bond donors (Lipinski definition) is 3. The molecule has 1 unspecified atom stereocenters. The molecule has 4 N–H and O–H groups in total. The molecule has 114 valence electrons. The highest BCUT2D eigenvalue weighted by atomic mass is 32.2. The summed E-state index contributed by atoms with van der Waals surface area (Å²) in [6, 6.07) is 6.04. The lowest BCUT2D eigenvalue weighted by atomic mass is 10.1. The smallest absolute Gasteiger partial charge is 0.244 e. The fourth-order valence-electron chi connectivity index (χ4n) is 2.13. The van der Waals surface area contributed by atoms with Crippen LogP contribution in [0.15, 0.2) is 24.3 Å². The third-order valence-electron chi connectivity index (χ3n) is 3.14. The summed E-state index contributed by atoms with van der Waals surface area (Å²) < 4.78 is 26.5. The first kappa shape index (κ1) is 15.6. The van der Waals surface area contributed by atoms with Crippen LogP contribution in [0.4, 0.5) is 0 Å². The van der Waals surface area contributed by atoms with Gasteiger partial charge in [0, 0.05) is 13.0 Å². The molecule has 21 heavy (non-hydrogen) atoms. The Bertz CT molecular complexity index is 657. The normalized spacial score (nSPS) is 19.4. The number of benzene rings is 1. The van der Waals surface area contributed by atoms with Crippen LogP contribution < -0.4 is 15.8 Å². The maximum Gasteiger partial charge on any atom is 0.244 e. The van der Waals surface area contributed by atoms with Crippen LogP contribution in [0, 0.1) is 0 Å². The molecule has 1 atom stereocenters. The lowest BCUT2D eigenvalue weighted by Gasteiger charge is -2.21. The van der Waals surface area contributed by atoms with Crippen molar-refractivity contribution in [3.63, 3.8) is 0 Å². The van der Waals surface area contributed by atoms with E-state index in [4.69, 9.17) is 5.73 Å². The van der Waals surface area contributed by atoms with Crippen molar-refractivity contribution in [1.29, 1.82) is 0 Å². The zero-order valence-corrected chi connectivity index (χ0v) is 12.2. The first-order chi connectivity index (χ1) is 9.89. The number of carbonyl (C=O) groups is 2.